The van der Waals surface area contributed by atoms with Crippen molar-refractivity contribution in [2.45, 2.75) is 78.3 Å². The Labute approximate surface area is 122 Å². The number of nitrogens with one attached hydrogen (secondary N) is 1. The fourth-order valence-electron chi connectivity index (χ4n) is 3.53. The summed E-state index contributed by atoms with van der Waals surface area (Å²) in [5, 5.41) is 3.42. The molecule has 1 aromatic heterocycles. The van der Waals surface area contributed by atoms with E-state index < -0.39 is 0 Å². The van der Waals surface area contributed by atoms with Gasteiger partial charge in [-0.05, 0) is 37.0 Å². The summed E-state index contributed by atoms with van der Waals surface area (Å²) in [6.07, 6.45) is 5.09. The molecule has 0 aromatic carbocycles. The smallest absolute Gasteiger partial charge is 0.132 e. The van der Waals surface area contributed by atoms with Gasteiger partial charge in [-0.2, -0.15) is 0 Å². The summed E-state index contributed by atoms with van der Waals surface area (Å²) in [7, 11) is 0. The molecule has 1 aromatic rings. The molecule has 2 aliphatic rings. The maximum Gasteiger partial charge on any atom is 0.132 e. The van der Waals surface area contributed by atoms with Gasteiger partial charge in [-0.25, -0.2) is 9.97 Å². The molecule has 0 bridgehead atoms. The van der Waals surface area contributed by atoms with E-state index in [-0.39, 0.29) is 0 Å². The predicted octanol–water partition coefficient (Wildman–Crippen LogP) is 3.89. The summed E-state index contributed by atoms with van der Waals surface area (Å²) in [5.41, 5.74) is 4.40. The van der Waals surface area contributed by atoms with Gasteiger partial charge in [-0.3, -0.25) is 0 Å². The zero-order valence-corrected chi connectivity index (χ0v) is 13.3. The van der Waals surface area contributed by atoms with E-state index in [9.17, 15) is 0 Å². The van der Waals surface area contributed by atoms with E-state index in [1.54, 1.807) is 0 Å². The van der Waals surface area contributed by atoms with Gasteiger partial charge < -0.3 is 5.32 Å². The van der Waals surface area contributed by atoms with E-state index in [0.29, 0.717) is 17.3 Å². The highest BCUT2D eigenvalue weighted by Crippen LogP contribution is 2.42. The summed E-state index contributed by atoms with van der Waals surface area (Å²) >= 11 is 0. The Morgan fingerprint density at radius 3 is 2.45 bits per heavy atom. The Morgan fingerprint density at radius 1 is 1.10 bits per heavy atom. The van der Waals surface area contributed by atoms with Crippen LogP contribution in [0.4, 0.5) is 0 Å². The van der Waals surface area contributed by atoms with E-state index in [0.717, 1.165) is 18.9 Å². The van der Waals surface area contributed by atoms with Gasteiger partial charge in [0.25, 0.3) is 0 Å². The van der Waals surface area contributed by atoms with E-state index in [4.69, 9.17) is 9.97 Å². The van der Waals surface area contributed by atoms with Crippen molar-refractivity contribution in [1.82, 2.24) is 15.3 Å². The van der Waals surface area contributed by atoms with Crippen molar-refractivity contribution in [2.75, 3.05) is 0 Å². The number of aromatic nitrogens is 2. The molecule has 3 nitrogen and oxygen atoms in total. The monoisotopic (exact) mass is 273 g/mol. The highest BCUT2D eigenvalue weighted by molar-refractivity contribution is 5.31. The second-order valence-electron chi connectivity index (χ2n) is 7.59. The molecule has 1 N–H and O–H groups in total. The van der Waals surface area contributed by atoms with Gasteiger partial charge in [0.1, 0.15) is 5.82 Å². The van der Waals surface area contributed by atoms with Crippen LogP contribution in [0.3, 0.4) is 0 Å². The first-order valence-electron chi connectivity index (χ1n) is 8.06. The van der Waals surface area contributed by atoms with Crippen LogP contribution in [0.25, 0.3) is 0 Å². The fraction of sp³-hybridized carbons (Fsp3) is 0.765. The molecule has 3 rings (SSSR count). The average molecular weight is 273 g/mol. The van der Waals surface area contributed by atoms with Crippen LogP contribution >= 0.6 is 0 Å². The van der Waals surface area contributed by atoms with Crippen LogP contribution in [0.5, 0.6) is 0 Å². The van der Waals surface area contributed by atoms with E-state index in [2.05, 4.69) is 33.0 Å². The van der Waals surface area contributed by atoms with Crippen LogP contribution < -0.4 is 5.32 Å². The largest absolute Gasteiger partial charge is 0.307 e. The molecule has 0 spiro atoms. The molecule has 1 saturated carbocycles. The third kappa shape index (κ3) is 2.60. The van der Waals surface area contributed by atoms with Crippen molar-refractivity contribution in [3.05, 3.63) is 22.8 Å². The number of fused-ring (bicyclic) bond motifs is 1. The van der Waals surface area contributed by atoms with Gasteiger partial charge in [-0.1, -0.05) is 27.7 Å². The van der Waals surface area contributed by atoms with Crippen LogP contribution in [-0.4, -0.2) is 9.97 Å². The van der Waals surface area contributed by atoms with Gasteiger partial charge in [0.15, 0.2) is 0 Å². The Kier molecular flexibility index (Phi) is 3.57. The van der Waals surface area contributed by atoms with Crippen molar-refractivity contribution in [3.63, 3.8) is 0 Å². The Hall–Kier alpha value is -0.960. The average Bonchev–Trinajstić information content (AvgIpc) is 2.85. The van der Waals surface area contributed by atoms with Crippen molar-refractivity contribution in [2.24, 2.45) is 5.41 Å². The van der Waals surface area contributed by atoms with Crippen LogP contribution in [0.2, 0.25) is 0 Å². The minimum atomic E-state index is 0.491. The van der Waals surface area contributed by atoms with Crippen LogP contribution in [-0.2, 0) is 13.1 Å². The lowest BCUT2D eigenvalue weighted by molar-refractivity contribution is 0.220. The summed E-state index contributed by atoms with van der Waals surface area (Å²) in [6.45, 7) is 11.1. The van der Waals surface area contributed by atoms with E-state index in [1.807, 2.05) is 0 Å². The van der Waals surface area contributed by atoms with Crippen molar-refractivity contribution >= 4 is 0 Å². The number of hydrogen-bond acceptors (Lipinski definition) is 3. The molecule has 1 fully saturated rings. The molecule has 0 radical (unpaired) electrons. The van der Waals surface area contributed by atoms with Gasteiger partial charge in [0.2, 0.25) is 0 Å². The SMILES string of the molecule is CC(C)c1nc(C2CCC(C)(C)CC2)nc2c1CNC2. The molecule has 2 heterocycles. The lowest BCUT2D eigenvalue weighted by Crippen LogP contribution is -2.22. The van der Waals surface area contributed by atoms with E-state index >= 15 is 0 Å². The van der Waals surface area contributed by atoms with Crippen molar-refractivity contribution in [1.29, 1.82) is 0 Å². The van der Waals surface area contributed by atoms with E-state index in [1.165, 1.54) is 42.6 Å². The summed E-state index contributed by atoms with van der Waals surface area (Å²) in [4.78, 5) is 9.86. The normalized spacial score (nSPS) is 22.2. The van der Waals surface area contributed by atoms with Gasteiger partial charge >= 0.3 is 0 Å². The molecule has 20 heavy (non-hydrogen) atoms. The molecule has 1 aliphatic heterocycles. The molecule has 0 amide bonds. The van der Waals surface area contributed by atoms with Gasteiger partial charge in [-0.15, -0.1) is 0 Å². The number of nitrogens with zero attached hydrogens (tertiary/aromatic N) is 2. The first-order valence-corrected chi connectivity index (χ1v) is 8.06. The number of hydrogen-bond donors (Lipinski definition) is 1. The Balaban J connectivity index is 1.89. The molecular formula is C17H27N3. The standard InChI is InChI=1S/C17H27N3/c1-11(2)15-13-9-18-10-14(13)19-16(20-15)12-5-7-17(3,4)8-6-12/h11-12,18H,5-10H2,1-4H3. The third-order valence-electron chi connectivity index (χ3n) is 4.99. The topological polar surface area (TPSA) is 37.8 Å². The Morgan fingerprint density at radius 2 is 1.80 bits per heavy atom. The van der Waals surface area contributed by atoms with Gasteiger partial charge in [0.05, 0.1) is 11.4 Å². The van der Waals surface area contributed by atoms with Crippen molar-refractivity contribution < 1.29 is 0 Å². The molecule has 110 valence electrons. The molecule has 1 aliphatic carbocycles. The second-order valence-corrected chi connectivity index (χ2v) is 7.59. The molecule has 0 unspecified atom stereocenters. The summed E-state index contributed by atoms with van der Waals surface area (Å²) in [5.74, 6) is 2.18. The fourth-order valence-corrected chi connectivity index (χ4v) is 3.53. The summed E-state index contributed by atoms with van der Waals surface area (Å²) in [6, 6.07) is 0. The number of rotatable bonds is 2. The van der Waals surface area contributed by atoms with Crippen LogP contribution in [0, 0.1) is 5.41 Å². The van der Waals surface area contributed by atoms with Gasteiger partial charge in [0, 0.05) is 24.6 Å². The Bertz CT molecular complexity index is 495. The zero-order valence-electron chi connectivity index (χ0n) is 13.3. The molecule has 3 heteroatoms. The highest BCUT2D eigenvalue weighted by atomic mass is 15.0. The minimum Gasteiger partial charge on any atom is -0.307 e. The lowest BCUT2D eigenvalue weighted by Gasteiger charge is -2.33. The zero-order chi connectivity index (χ0) is 14.3. The van der Waals surface area contributed by atoms with Crippen LogP contribution in [0.15, 0.2) is 0 Å². The predicted molar refractivity (Wildman–Crippen MR) is 81.7 cm³/mol. The first-order chi connectivity index (χ1) is 9.46. The highest BCUT2D eigenvalue weighted by Gasteiger charge is 2.30. The second kappa shape index (κ2) is 5.10. The lowest BCUT2D eigenvalue weighted by atomic mass is 9.73. The first kappa shape index (κ1) is 14.0. The third-order valence-corrected chi connectivity index (χ3v) is 4.99. The molecule has 0 saturated heterocycles. The molecular weight excluding hydrogens is 246 g/mol. The summed E-state index contributed by atoms with van der Waals surface area (Å²) < 4.78 is 0. The molecule has 0 atom stereocenters. The maximum absolute atomic E-state index is 4.96. The quantitative estimate of drug-likeness (QED) is 0.888. The minimum absolute atomic E-state index is 0.491. The van der Waals surface area contributed by atoms with Crippen LogP contribution in [0.1, 0.15) is 88.0 Å². The van der Waals surface area contributed by atoms with Crippen molar-refractivity contribution in [3.8, 4) is 0 Å². The maximum atomic E-state index is 4.96.